The third-order valence-electron chi connectivity index (χ3n) is 6.65. The number of methoxy groups -OCH3 is 1. The lowest BCUT2D eigenvalue weighted by molar-refractivity contribution is 0.00678. The Bertz CT molecular complexity index is 1430. The molecule has 2 fully saturated rings. The van der Waals surface area contributed by atoms with Crippen LogP contribution in [0.2, 0.25) is 5.15 Å². The van der Waals surface area contributed by atoms with E-state index in [0.29, 0.717) is 40.3 Å². The molecule has 0 aliphatic carbocycles. The van der Waals surface area contributed by atoms with Gasteiger partial charge in [0.1, 0.15) is 22.2 Å². The highest BCUT2D eigenvalue weighted by Gasteiger charge is 2.48. The molecule has 0 unspecified atom stereocenters. The molecule has 13 heteroatoms. The van der Waals surface area contributed by atoms with E-state index in [-0.39, 0.29) is 11.7 Å². The van der Waals surface area contributed by atoms with Gasteiger partial charge in [0.25, 0.3) is 0 Å². The van der Waals surface area contributed by atoms with Crippen molar-refractivity contribution in [3.8, 4) is 11.4 Å². The number of sulfonamides is 1. The number of rotatable bonds is 6. The molecule has 5 rings (SSSR count). The molecule has 0 bridgehead atoms. The quantitative estimate of drug-likeness (QED) is 0.479. The predicted octanol–water partition coefficient (Wildman–Crippen LogP) is 2.55. The Morgan fingerprint density at radius 1 is 1.25 bits per heavy atom. The van der Waals surface area contributed by atoms with E-state index in [9.17, 15) is 13.2 Å². The summed E-state index contributed by atoms with van der Waals surface area (Å²) < 4.78 is 38.6. The first-order chi connectivity index (χ1) is 17.1. The van der Waals surface area contributed by atoms with Crippen LogP contribution >= 0.6 is 11.6 Å². The molecular formula is C23H27ClN6O5S. The van der Waals surface area contributed by atoms with Crippen LogP contribution in [0.25, 0.3) is 16.6 Å². The number of hydrogen-bond acceptors (Lipinski definition) is 8. The van der Waals surface area contributed by atoms with Gasteiger partial charge in [0.15, 0.2) is 5.82 Å². The summed E-state index contributed by atoms with van der Waals surface area (Å²) in [5.41, 5.74) is 1.42. The first kappa shape index (κ1) is 24.8. The van der Waals surface area contributed by atoms with Gasteiger partial charge in [0, 0.05) is 44.7 Å². The molecule has 1 spiro atoms. The maximum Gasteiger partial charge on any atom is 0.416 e. The van der Waals surface area contributed by atoms with Crippen LogP contribution in [0.5, 0.6) is 5.75 Å². The SMILES string of the molecule is COc1cc(CNS(C)(=O)=O)ccc1-n1nc(N2CC3(CCN(C)CC3)OC2=O)c2cnc(Cl)cc21. The van der Waals surface area contributed by atoms with Crippen LogP contribution in [-0.4, -0.2) is 79.8 Å². The van der Waals surface area contributed by atoms with Gasteiger partial charge in [-0.2, -0.15) is 0 Å². The smallest absolute Gasteiger partial charge is 0.416 e. The molecule has 1 amide bonds. The maximum atomic E-state index is 13.0. The Balaban J connectivity index is 1.55. The van der Waals surface area contributed by atoms with Gasteiger partial charge in [-0.05, 0) is 24.7 Å². The van der Waals surface area contributed by atoms with Crippen LogP contribution in [-0.2, 0) is 21.3 Å². The molecule has 2 aromatic heterocycles. The average Bonchev–Trinajstić information content (AvgIpc) is 3.36. The number of pyridine rings is 1. The van der Waals surface area contributed by atoms with Crippen LogP contribution in [0.4, 0.5) is 10.6 Å². The topological polar surface area (TPSA) is 119 Å². The number of benzene rings is 1. The molecule has 4 heterocycles. The number of anilines is 1. The normalized spacial score (nSPS) is 18.2. The number of amides is 1. The van der Waals surface area contributed by atoms with Crippen LogP contribution in [0.15, 0.2) is 30.5 Å². The number of halogens is 1. The van der Waals surface area contributed by atoms with Crippen LogP contribution in [0, 0.1) is 0 Å². The van der Waals surface area contributed by atoms with E-state index in [4.69, 9.17) is 26.2 Å². The zero-order chi connectivity index (χ0) is 25.7. The number of carbonyl (C=O) groups excluding carboxylic acids is 1. The third-order valence-corrected chi connectivity index (χ3v) is 7.52. The largest absolute Gasteiger partial charge is 0.494 e. The molecule has 3 aromatic rings. The summed E-state index contributed by atoms with van der Waals surface area (Å²) in [4.78, 5) is 21.0. The fraction of sp³-hybridized carbons (Fsp3) is 0.435. The molecule has 11 nitrogen and oxygen atoms in total. The van der Waals surface area contributed by atoms with Gasteiger partial charge in [-0.25, -0.2) is 27.6 Å². The van der Waals surface area contributed by atoms with Crippen molar-refractivity contribution in [3.05, 3.63) is 41.2 Å². The lowest BCUT2D eigenvalue weighted by Gasteiger charge is -2.35. The maximum absolute atomic E-state index is 13.0. The van der Waals surface area contributed by atoms with E-state index in [0.717, 1.165) is 32.2 Å². The first-order valence-electron chi connectivity index (χ1n) is 11.4. The number of hydrogen-bond donors (Lipinski definition) is 1. The van der Waals surface area contributed by atoms with Crippen LogP contribution in [0.3, 0.4) is 0 Å². The minimum atomic E-state index is -3.35. The summed E-state index contributed by atoms with van der Waals surface area (Å²) in [5.74, 6) is 0.905. The number of carbonyl (C=O) groups is 1. The molecule has 2 aliphatic heterocycles. The van der Waals surface area contributed by atoms with E-state index in [1.807, 2.05) is 0 Å². The van der Waals surface area contributed by atoms with E-state index in [1.54, 1.807) is 40.0 Å². The Morgan fingerprint density at radius 2 is 2.00 bits per heavy atom. The van der Waals surface area contributed by atoms with Crippen molar-refractivity contribution in [2.75, 3.05) is 44.9 Å². The lowest BCUT2D eigenvalue weighted by Crippen LogP contribution is -2.45. The molecule has 2 saturated heterocycles. The molecule has 0 atom stereocenters. The van der Waals surface area contributed by atoms with Crippen molar-refractivity contribution in [3.63, 3.8) is 0 Å². The Labute approximate surface area is 214 Å². The number of piperidine rings is 1. The second-order valence-corrected chi connectivity index (χ2v) is 11.5. The summed E-state index contributed by atoms with van der Waals surface area (Å²) in [6, 6.07) is 6.98. The number of ether oxygens (including phenoxy) is 2. The van der Waals surface area contributed by atoms with Gasteiger partial charge in [-0.3, -0.25) is 4.90 Å². The highest BCUT2D eigenvalue weighted by atomic mass is 35.5. The Hall–Kier alpha value is -2.93. The number of nitrogens with one attached hydrogen (secondary N) is 1. The fourth-order valence-electron chi connectivity index (χ4n) is 4.65. The highest BCUT2D eigenvalue weighted by molar-refractivity contribution is 7.88. The number of aromatic nitrogens is 3. The van der Waals surface area contributed by atoms with E-state index in [1.165, 1.54) is 7.11 Å². The molecule has 1 N–H and O–H groups in total. The van der Waals surface area contributed by atoms with Crippen molar-refractivity contribution in [1.82, 2.24) is 24.4 Å². The zero-order valence-electron chi connectivity index (χ0n) is 20.2. The molecular weight excluding hydrogens is 508 g/mol. The van der Waals surface area contributed by atoms with Crippen LogP contribution < -0.4 is 14.4 Å². The standard InChI is InChI=1S/C23H27ClN6O5S/c1-28-8-6-23(7-9-28)14-29(22(31)35-23)21-16-13-25-20(24)11-18(16)30(27-21)17-5-4-15(10-19(17)34-2)12-26-36(3,32)33/h4-5,10-11,13,26H,6-9,12,14H2,1-3H3. The van der Waals surface area contributed by atoms with Crippen molar-refractivity contribution < 1.29 is 22.7 Å². The van der Waals surface area contributed by atoms with Gasteiger partial charge in [-0.15, -0.1) is 5.10 Å². The molecule has 0 saturated carbocycles. The van der Waals surface area contributed by atoms with Gasteiger partial charge in [-0.1, -0.05) is 17.7 Å². The first-order valence-corrected chi connectivity index (χ1v) is 13.7. The van der Waals surface area contributed by atoms with Crippen molar-refractivity contribution in [1.29, 1.82) is 0 Å². The van der Waals surface area contributed by atoms with Crippen molar-refractivity contribution in [2.45, 2.75) is 25.0 Å². The van der Waals surface area contributed by atoms with E-state index < -0.39 is 21.7 Å². The fourth-order valence-corrected chi connectivity index (χ4v) is 5.23. The summed E-state index contributed by atoms with van der Waals surface area (Å²) in [6.07, 6.45) is 3.78. The minimum absolute atomic E-state index is 0.118. The minimum Gasteiger partial charge on any atom is -0.494 e. The lowest BCUT2D eigenvalue weighted by atomic mass is 9.91. The van der Waals surface area contributed by atoms with Gasteiger partial charge in [0.05, 0.1) is 30.8 Å². The van der Waals surface area contributed by atoms with Gasteiger partial charge >= 0.3 is 6.09 Å². The number of likely N-dealkylation sites (tertiary alicyclic amines) is 1. The Kier molecular flexibility index (Phi) is 6.31. The van der Waals surface area contributed by atoms with E-state index >= 15 is 0 Å². The average molecular weight is 535 g/mol. The predicted molar refractivity (Wildman–Crippen MR) is 135 cm³/mol. The van der Waals surface area contributed by atoms with Crippen molar-refractivity contribution in [2.24, 2.45) is 0 Å². The second kappa shape index (κ2) is 9.18. The van der Waals surface area contributed by atoms with Crippen molar-refractivity contribution >= 4 is 44.4 Å². The summed E-state index contributed by atoms with van der Waals surface area (Å²) >= 11 is 6.23. The van der Waals surface area contributed by atoms with Gasteiger partial charge in [0.2, 0.25) is 10.0 Å². The molecule has 0 radical (unpaired) electrons. The highest BCUT2D eigenvalue weighted by Crippen LogP contribution is 2.39. The second-order valence-electron chi connectivity index (χ2n) is 9.30. The summed E-state index contributed by atoms with van der Waals surface area (Å²) in [7, 11) is 0.235. The Morgan fingerprint density at radius 3 is 2.69 bits per heavy atom. The summed E-state index contributed by atoms with van der Waals surface area (Å²) in [6.45, 7) is 2.23. The van der Waals surface area contributed by atoms with Gasteiger partial charge < -0.3 is 14.4 Å². The third kappa shape index (κ3) is 4.73. The molecule has 192 valence electrons. The van der Waals surface area contributed by atoms with E-state index in [2.05, 4.69) is 21.7 Å². The number of fused-ring (bicyclic) bond motifs is 1. The molecule has 2 aliphatic rings. The number of nitrogens with zero attached hydrogens (tertiary/aromatic N) is 5. The molecule has 1 aromatic carbocycles. The zero-order valence-corrected chi connectivity index (χ0v) is 21.8. The van der Waals surface area contributed by atoms with Crippen LogP contribution in [0.1, 0.15) is 18.4 Å². The summed E-state index contributed by atoms with van der Waals surface area (Å²) in [5, 5.41) is 5.71. The monoisotopic (exact) mass is 534 g/mol. The molecule has 36 heavy (non-hydrogen) atoms.